The van der Waals surface area contributed by atoms with Crippen molar-refractivity contribution >= 4 is 23.3 Å². The summed E-state index contributed by atoms with van der Waals surface area (Å²) < 4.78 is 14.8. The van der Waals surface area contributed by atoms with Crippen molar-refractivity contribution in [3.05, 3.63) is 65.6 Å². The average molecular weight is 451 g/mol. The average Bonchev–Trinajstić information content (AvgIpc) is 3.31. The van der Waals surface area contributed by atoms with Crippen molar-refractivity contribution in [1.29, 1.82) is 0 Å². The number of halogens is 2. The Hall–Kier alpha value is -3.13. The van der Waals surface area contributed by atoms with Crippen LogP contribution in [0.2, 0.25) is 5.15 Å². The van der Waals surface area contributed by atoms with Crippen LogP contribution in [-0.2, 0) is 0 Å². The molecule has 9 heteroatoms. The zero-order chi connectivity index (χ0) is 21.8. The molecule has 0 bridgehead atoms. The zero-order valence-corrected chi connectivity index (χ0v) is 17.8. The fourth-order valence-corrected chi connectivity index (χ4v) is 6.01. The molecule has 6 rings (SSSR count). The van der Waals surface area contributed by atoms with Gasteiger partial charge >= 0.3 is 0 Å². The molecule has 3 fully saturated rings. The Morgan fingerprint density at radius 3 is 2.72 bits per heavy atom. The highest BCUT2D eigenvalue weighted by Crippen LogP contribution is 2.58. The highest BCUT2D eigenvalue weighted by atomic mass is 35.5. The number of nitrogens with zero attached hydrogens (tertiary/aromatic N) is 5. The Balaban J connectivity index is 1.33. The maximum atomic E-state index is 14.8. The highest BCUT2D eigenvalue weighted by Gasteiger charge is 2.64. The molecule has 0 radical (unpaired) electrons. The first kappa shape index (κ1) is 19.5. The maximum Gasteiger partial charge on any atom is 0.255 e. The fraction of sp³-hybridized carbons (Fsp3) is 0.348. The normalized spacial score (nSPS) is 27.7. The van der Waals surface area contributed by atoms with Crippen molar-refractivity contribution in [3.8, 4) is 11.4 Å². The Bertz CT molecular complexity index is 1180. The Morgan fingerprint density at radius 2 is 1.94 bits per heavy atom. The first-order chi connectivity index (χ1) is 15.6. The summed E-state index contributed by atoms with van der Waals surface area (Å²) in [6, 6.07) is 6.34. The van der Waals surface area contributed by atoms with Crippen LogP contribution >= 0.6 is 11.6 Å². The molecule has 2 aromatic heterocycles. The third kappa shape index (κ3) is 2.97. The topological polar surface area (TPSA) is 83.9 Å². The number of aromatic nitrogens is 4. The Kier molecular flexibility index (Phi) is 4.57. The van der Waals surface area contributed by atoms with Crippen LogP contribution in [0.15, 0.2) is 49.1 Å². The van der Waals surface area contributed by atoms with Gasteiger partial charge in [0.1, 0.15) is 16.8 Å². The van der Waals surface area contributed by atoms with Crippen molar-refractivity contribution < 1.29 is 9.18 Å². The number of anilines is 1. The molecule has 3 aromatic rings. The molecule has 1 aromatic carbocycles. The van der Waals surface area contributed by atoms with Crippen molar-refractivity contribution in [3.63, 3.8) is 0 Å². The van der Waals surface area contributed by atoms with E-state index in [4.69, 9.17) is 11.6 Å². The van der Waals surface area contributed by atoms with E-state index in [2.05, 4.69) is 25.3 Å². The number of hydrogen-bond acceptors (Lipinski definition) is 6. The summed E-state index contributed by atoms with van der Waals surface area (Å²) in [6.45, 7) is 0.681. The number of nitrogens with one attached hydrogen (secondary N) is 1. The monoisotopic (exact) mass is 450 g/mol. The lowest BCUT2D eigenvalue weighted by molar-refractivity contribution is 0.0420. The number of carbonyl (C=O) groups excluding carboxylic acids is 1. The molecule has 3 aliphatic rings. The second-order valence-electron chi connectivity index (χ2n) is 8.66. The lowest BCUT2D eigenvalue weighted by Gasteiger charge is -2.50. The maximum absolute atomic E-state index is 14.8. The van der Waals surface area contributed by atoms with Crippen molar-refractivity contribution in [2.24, 2.45) is 17.8 Å². The van der Waals surface area contributed by atoms with Crippen molar-refractivity contribution in [2.45, 2.75) is 24.9 Å². The van der Waals surface area contributed by atoms with Crippen LogP contribution in [-0.4, -0.2) is 49.4 Å². The van der Waals surface area contributed by atoms with E-state index in [-0.39, 0.29) is 29.4 Å². The third-order valence-corrected chi connectivity index (χ3v) is 7.35. The van der Waals surface area contributed by atoms with E-state index in [1.807, 2.05) is 4.90 Å². The van der Waals surface area contributed by atoms with Gasteiger partial charge in [-0.2, -0.15) is 0 Å². The Labute approximate surface area is 189 Å². The summed E-state index contributed by atoms with van der Waals surface area (Å²) in [5.41, 5.74) is 0.448. The largest absolute Gasteiger partial charge is 0.364 e. The van der Waals surface area contributed by atoms with Gasteiger partial charge in [-0.3, -0.25) is 4.79 Å². The smallest absolute Gasteiger partial charge is 0.255 e. The minimum Gasteiger partial charge on any atom is -0.364 e. The molecule has 162 valence electrons. The molecule has 2 aliphatic carbocycles. The first-order valence-electron chi connectivity index (χ1n) is 10.7. The van der Waals surface area contributed by atoms with Gasteiger partial charge in [-0.15, -0.1) is 0 Å². The number of benzene rings is 1. The van der Waals surface area contributed by atoms with Crippen LogP contribution in [0.4, 0.5) is 10.2 Å². The van der Waals surface area contributed by atoms with E-state index in [9.17, 15) is 9.18 Å². The highest BCUT2D eigenvalue weighted by molar-refractivity contribution is 6.29. The van der Waals surface area contributed by atoms with Gasteiger partial charge in [0, 0.05) is 18.9 Å². The van der Waals surface area contributed by atoms with Crippen LogP contribution in [0.5, 0.6) is 0 Å². The van der Waals surface area contributed by atoms with Gasteiger partial charge in [0.05, 0.1) is 35.6 Å². The lowest BCUT2D eigenvalue weighted by Crippen LogP contribution is -2.62. The summed E-state index contributed by atoms with van der Waals surface area (Å²) in [6.07, 6.45) is 8.45. The molecule has 3 heterocycles. The molecule has 1 N–H and O–H groups in total. The van der Waals surface area contributed by atoms with E-state index in [0.717, 1.165) is 12.8 Å². The molecular formula is C23H20ClFN6O. The van der Waals surface area contributed by atoms with Crippen molar-refractivity contribution in [1.82, 2.24) is 24.8 Å². The van der Waals surface area contributed by atoms with Crippen LogP contribution < -0.4 is 5.32 Å². The first-order valence-corrected chi connectivity index (χ1v) is 11.1. The van der Waals surface area contributed by atoms with E-state index in [0.29, 0.717) is 40.8 Å². The predicted molar refractivity (Wildman–Crippen MR) is 116 cm³/mol. The van der Waals surface area contributed by atoms with Gasteiger partial charge in [0.15, 0.2) is 5.82 Å². The van der Waals surface area contributed by atoms with Gasteiger partial charge in [0.2, 0.25) is 0 Å². The fourth-order valence-electron chi connectivity index (χ4n) is 5.91. The molecule has 1 saturated heterocycles. The molecule has 1 amide bonds. The molecule has 7 nitrogen and oxygen atoms in total. The minimum absolute atomic E-state index is 0.0327. The van der Waals surface area contributed by atoms with Crippen LogP contribution in [0.25, 0.3) is 11.4 Å². The third-order valence-electron chi connectivity index (χ3n) is 7.15. The summed E-state index contributed by atoms with van der Waals surface area (Å²) in [4.78, 5) is 32.4. The van der Waals surface area contributed by atoms with Gasteiger partial charge in [-0.1, -0.05) is 17.7 Å². The van der Waals surface area contributed by atoms with Gasteiger partial charge in [-0.25, -0.2) is 24.3 Å². The Morgan fingerprint density at radius 1 is 1.09 bits per heavy atom. The minimum atomic E-state index is -0.501. The number of amides is 1. The van der Waals surface area contributed by atoms with Gasteiger partial charge in [0.25, 0.3) is 5.91 Å². The van der Waals surface area contributed by atoms with Gasteiger partial charge in [-0.05, 0) is 48.8 Å². The van der Waals surface area contributed by atoms with Crippen molar-refractivity contribution in [2.75, 3.05) is 11.9 Å². The number of hydrogen-bond donors (Lipinski definition) is 1. The molecule has 5 unspecified atom stereocenters. The second kappa shape index (κ2) is 7.48. The summed E-state index contributed by atoms with van der Waals surface area (Å²) >= 11 is 5.86. The molecule has 2 saturated carbocycles. The molecule has 32 heavy (non-hydrogen) atoms. The van der Waals surface area contributed by atoms with Crippen LogP contribution in [0.1, 0.15) is 23.2 Å². The molecule has 0 spiro atoms. The molecule has 5 atom stereocenters. The predicted octanol–water partition coefficient (Wildman–Crippen LogP) is 3.69. The second-order valence-corrected chi connectivity index (χ2v) is 9.04. The molecular weight excluding hydrogens is 431 g/mol. The van der Waals surface area contributed by atoms with E-state index < -0.39 is 5.82 Å². The van der Waals surface area contributed by atoms with E-state index >= 15 is 0 Å². The summed E-state index contributed by atoms with van der Waals surface area (Å²) in [7, 11) is 0. The van der Waals surface area contributed by atoms with E-state index in [1.54, 1.807) is 36.8 Å². The quantitative estimate of drug-likeness (QED) is 0.652. The SMILES string of the molecule is O=C(c1cccc(F)c1-c1ncccn1)N1CC2CCC3C(Nc4cnc(Cl)cn4)C1C23. The lowest BCUT2D eigenvalue weighted by atomic mass is 9.66. The standard InChI is InChI=1S/C23H20ClFN6O/c24-16-9-29-17(10-28-16)30-20-13-6-5-12-11-31(21(20)18(12)13)23(32)14-3-1-4-15(25)19(14)22-26-7-2-8-27-22/h1-4,7-10,12-13,18,20-21H,5-6,11H2,(H,29,30). The number of rotatable bonds is 4. The number of carbonyl (C=O) groups is 1. The molecule has 1 aliphatic heterocycles. The van der Waals surface area contributed by atoms with Gasteiger partial charge < -0.3 is 10.2 Å². The number of likely N-dealkylation sites (tertiary alicyclic amines) is 1. The van der Waals surface area contributed by atoms with Crippen LogP contribution in [0.3, 0.4) is 0 Å². The summed E-state index contributed by atoms with van der Waals surface area (Å²) in [5, 5.41) is 3.81. The zero-order valence-electron chi connectivity index (χ0n) is 17.0. The van der Waals surface area contributed by atoms with E-state index in [1.165, 1.54) is 12.3 Å². The summed E-state index contributed by atoms with van der Waals surface area (Å²) in [5.74, 6) is 1.60. The van der Waals surface area contributed by atoms with Crippen LogP contribution in [0, 0.1) is 23.6 Å².